The van der Waals surface area contributed by atoms with E-state index in [-0.39, 0.29) is 5.97 Å². The molecular weight excluding hydrogens is 264 g/mol. The van der Waals surface area contributed by atoms with E-state index in [4.69, 9.17) is 13.9 Å². The zero-order chi connectivity index (χ0) is 13.6. The van der Waals surface area contributed by atoms with Gasteiger partial charge in [0, 0.05) is 0 Å². The molecule has 1 rings (SSSR count). The lowest BCUT2D eigenvalue weighted by molar-refractivity contribution is -0.112. The average Bonchev–Trinajstić information content (AvgIpc) is 2.33. The molecule has 0 heterocycles. The van der Waals surface area contributed by atoms with Crippen LogP contribution in [-0.2, 0) is 9.00 Å². The van der Waals surface area contributed by atoms with Gasteiger partial charge < -0.3 is 9.31 Å². The second-order valence-corrected chi connectivity index (χ2v) is 11.0. The minimum Gasteiger partial charge on any atom is -0.521 e. The zero-order valence-electron chi connectivity index (χ0n) is 11.4. The molecule has 0 aliphatic carbocycles. The molecule has 0 fully saturated rings. The Kier molecular flexibility index (Phi) is 5.58. The largest absolute Gasteiger partial charge is 0.521 e. The molecule has 0 aliphatic heterocycles. The van der Waals surface area contributed by atoms with Gasteiger partial charge in [0.2, 0.25) is 18.1 Å². The highest BCUT2D eigenvalue weighted by Crippen LogP contribution is 2.20. The van der Waals surface area contributed by atoms with Gasteiger partial charge in [0.1, 0.15) is 5.56 Å². The van der Waals surface area contributed by atoms with Crippen molar-refractivity contribution in [2.45, 2.75) is 32.6 Å². The van der Waals surface area contributed by atoms with Crippen molar-refractivity contribution in [1.29, 1.82) is 0 Å². The van der Waals surface area contributed by atoms with E-state index in [9.17, 15) is 4.79 Å². The number of hydrogen-bond donors (Lipinski definition) is 0. The standard InChI is InChI=1S/C12H20O4Si2/c1-5-17-15-12(13)10-8-6-7-9-11(10)14-16-18(2,3)4/h6-9H,5,17H2,1-4H3. The third-order valence-corrected chi connectivity index (χ3v) is 3.38. The van der Waals surface area contributed by atoms with Crippen LogP contribution in [0.3, 0.4) is 0 Å². The number of hydrogen-bond acceptors (Lipinski definition) is 4. The molecule has 1 aromatic carbocycles. The van der Waals surface area contributed by atoms with Gasteiger partial charge >= 0.3 is 5.97 Å². The van der Waals surface area contributed by atoms with Crippen LogP contribution in [0.15, 0.2) is 24.3 Å². The van der Waals surface area contributed by atoms with E-state index >= 15 is 0 Å². The summed E-state index contributed by atoms with van der Waals surface area (Å²) in [5, 5.41) is 0. The summed E-state index contributed by atoms with van der Waals surface area (Å²) in [6.45, 7) is 8.05. The molecule has 18 heavy (non-hydrogen) atoms. The maximum Gasteiger partial charge on any atom is 0.328 e. The fraction of sp³-hybridized carbons (Fsp3) is 0.417. The molecular formula is C12H20O4Si2. The summed E-state index contributed by atoms with van der Waals surface area (Å²) in [5.74, 6) is 0.105. The van der Waals surface area contributed by atoms with Crippen LogP contribution in [0, 0.1) is 0 Å². The number of rotatable bonds is 6. The van der Waals surface area contributed by atoms with E-state index in [2.05, 4.69) is 0 Å². The summed E-state index contributed by atoms with van der Waals surface area (Å²) in [4.78, 5) is 17.1. The van der Waals surface area contributed by atoms with E-state index in [1.54, 1.807) is 24.3 Å². The third-order valence-electron chi connectivity index (χ3n) is 1.93. The number of benzene rings is 1. The smallest absolute Gasteiger partial charge is 0.328 e. The third kappa shape index (κ3) is 5.03. The average molecular weight is 284 g/mol. The Bertz CT molecular complexity index is 401. The SMILES string of the molecule is CC[SiH2]OC(=O)c1ccccc1OO[Si](C)(C)C. The van der Waals surface area contributed by atoms with E-state index in [1.807, 2.05) is 26.6 Å². The Morgan fingerprint density at radius 3 is 2.56 bits per heavy atom. The molecule has 0 spiro atoms. The lowest BCUT2D eigenvalue weighted by Gasteiger charge is -2.17. The molecule has 0 radical (unpaired) electrons. The van der Waals surface area contributed by atoms with Gasteiger partial charge in [-0.15, -0.1) is 0 Å². The molecule has 0 bridgehead atoms. The van der Waals surface area contributed by atoms with Gasteiger partial charge in [-0.05, 0) is 37.8 Å². The van der Waals surface area contributed by atoms with Gasteiger partial charge in [-0.3, -0.25) is 0 Å². The van der Waals surface area contributed by atoms with Crippen LogP contribution in [0.1, 0.15) is 17.3 Å². The predicted molar refractivity (Wildman–Crippen MR) is 75.9 cm³/mol. The van der Waals surface area contributed by atoms with Crippen LogP contribution in [0.4, 0.5) is 0 Å². The lowest BCUT2D eigenvalue weighted by atomic mass is 10.2. The normalized spacial score (nSPS) is 11.8. The summed E-state index contributed by atoms with van der Waals surface area (Å²) in [7, 11) is -2.55. The van der Waals surface area contributed by atoms with Crippen LogP contribution < -0.4 is 4.89 Å². The van der Waals surface area contributed by atoms with Crippen LogP contribution in [0.25, 0.3) is 0 Å². The molecule has 0 aromatic heterocycles. The van der Waals surface area contributed by atoms with Crippen molar-refractivity contribution in [1.82, 2.24) is 0 Å². The molecule has 0 atom stereocenters. The summed E-state index contributed by atoms with van der Waals surface area (Å²) >= 11 is 0. The van der Waals surface area contributed by atoms with Crippen molar-refractivity contribution >= 4 is 24.0 Å². The minimum absolute atomic E-state index is 0.321. The van der Waals surface area contributed by atoms with E-state index < -0.39 is 18.1 Å². The summed E-state index contributed by atoms with van der Waals surface area (Å²) in [6, 6.07) is 7.92. The predicted octanol–water partition coefficient (Wildman–Crippen LogP) is 2.51. The molecule has 100 valence electrons. The van der Waals surface area contributed by atoms with Crippen LogP contribution in [0.2, 0.25) is 25.7 Å². The number of para-hydroxylation sites is 1. The molecule has 4 nitrogen and oxygen atoms in total. The van der Waals surface area contributed by atoms with Gasteiger partial charge in [-0.2, -0.15) is 0 Å². The Balaban J connectivity index is 2.76. The van der Waals surface area contributed by atoms with Gasteiger partial charge in [-0.1, -0.05) is 19.1 Å². The van der Waals surface area contributed by atoms with Crippen LogP contribution in [0.5, 0.6) is 5.75 Å². The lowest BCUT2D eigenvalue weighted by Crippen LogP contribution is -2.27. The van der Waals surface area contributed by atoms with Crippen LogP contribution in [-0.4, -0.2) is 24.0 Å². The Hall–Kier alpha value is -1.12. The maximum absolute atomic E-state index is 11.8. The highest BCUT2D eigenvalue weighted by molar-refractivity contribution is 6.69. The topological polar surface area (TPSA) is 44.8 Å². The molecule has 0 aliphatic rings. The Morgan fingerprint density at radius 2 is 1.94 bits per heavy atom. The van der Waals surface area contributed by atoms with Gasteiger partial charge in [0.15, 0.2) is 5.75 Å². The quantitative estimate of drug-likeness (QED) is 0.457. The molecule has 0 saturated heterocycles. The Labute approximate surface area is 111 Å². The second-order valence-electron chi connectivity index (χ2n) is 4.91. The Morgan fingerprint density at radius 1 is 1.28 bits per heavy atom. The first-order chi connectivity index (χ1) is 8.44. The molecule has 1 aromatic rings. The minimum atomic E-state index is -1.79. The fourth-order valence-corrected chi connectivity index (χ4v) is 2.04. The van der Waals surface area contributed by atoms with Crippen molar-refractivity contribution in [3.05, 3.63) is 29.8 Å². The van der Waals surface area contributed by atoms with Gasteiger partial charge in [0.05, 0.1) is 0 Å². The van der Waals surface area contributed by atoms with E-state index in [1.165, 1.54) is 0 Å². The first-order valence-corrected chi connectivity index (χ1v) is 11.0. The summed E-state index contributed by atoms with van der Waals surface area (Å²) in [6.07, 6.45) is 0. The molecule has 0 amide bonds. The van der Waals surface area contributed by atoms with Crippen molar-refractivity contribution < 1.29 is 18.7 Å². The monoisotopic (exact) mass is 284 g/mol. The van der Waals surface area contributed by atoms with Crippen LogP contribution >= 0.6 is 0 Å². The summed E-state index contributed by atoms with van der Waals surface area (Å²) in [5.41, 5.74) is 0.428. The van der Waals surface area contributed by atoms with Crippen molar-refractivity contribution in [3.63, 3.8) is 0 Å². The summed E-state index contributed by atoms with van der Waals surface area (Å²) < 4.78 is 10.6. The zero-order valence-corrected chi connectivity index (χ0v) is 13.8. The molecule has 0 unspecified atom stereocenters. The maximum atomic E-state index is 11.8. The second kappa shape index (κ2) is 6.72. The highest BCUT2D eigenvalue weighted by atomic mass is 28.4. The molecule has 6 heteroatoms. The van der Waals surface area contributed by atoms with Crippen molar-refractivity contribution in [2.24, 2.45) is 0 Å². The van der Waals surface area contributed by atoms with Gasteiger partial charge in [-0.25, -0.2) is 9.37 Å². The highest BCUT2D eigenvalue weighted by Gasteiger charge is 2.20. The molecule has 0 saturated carbocycles. The van der Waals surface area contributed by atoms with Crippen molar-refractivity contribution in [2.75, 3.05) is 0 Å². The van der Waals surface area contributed by atoms with Crippen molar-refractivity contribution in [3.8, 4) is 5.75 Å². The van der Waals surface area contributed by atoms with Gasteiger partial charge in [0.25, 0.3) is 0 Å². The fourth-order valence-electron chi connectivity index (χ4n) is 1.15. The first-order valence-electron chi connectivity index (χ1n) is 6.06. The number of carbonyl (C=O) groups excluding carboxylic acids is 1. The number of carbonyl (C=O) groups is 1. The molecule has 0 N–H and O–H groups in total. The van der Waals surface area contributed by atoms with E-state index in [0.29, 0.717) is 11.3 Å². The first kappa shape index (κ1) is 14.9. The van der Waals surface area contributed by atoms with E-state index in [0.717, 1.165) is 6.04 Å².